The average molecular weight is 388 g/mol. The number of hydrogen-bond acceptors (Lipinski definition) is 4. The highest BCUT2D eigenvalue weighted by Crippen LogP contribution is 2.20. The first kappa shape index (κ1) is 20.0. The fourth-order valence-corrected chi connectivity index (χ4v) is 3.48. The van der Waals surface area contributed by atoms with E-state index in [0.717, 1.165) is 12.8 Å². The van der Waals surface area contributed by atoms with Gasteiger partial charge in [0.1, 0.15) is 11.1 Å². The Labute approximate surface area is 163 Å². The number of amides is 2. The molecule has 1 saturated heterocycles. The summed E-state index contributed by atoms with van der Waals surface area (Å²) in [4.78, 5) is 41.1. The van der Waals surface area contributed by atoms with Gasteiger partial charge in [0, 0.05) is 44.5 Å². The zero-order valence-electron chi connectivity index (χ0n) is 16.9. The summed E-state index contributed by atoms with van der Waals surface area (Å²) in [5, 5.41) is 3.61. The third kappa shape index (κ3) is 4.37. The highest BCUT2D eigenvalue weighted by Gasteiger charge is 2.27. The molecule has 152 valence electrons. The second-order valence-corrected chi connectivity index (χ2v) is 8.34. The summed E-state index contributed by atoms with van der Waals surface area (Å²) >= 11 is 0. The van der Waals surface area contributed by atoms with Crippen LogP contribution in [0.1, 0.15) is 44.0 Å². The number of aromatic amines is 1. The molecular formula is C20H28N4O4. The number of ether oxygens (including phenoxy) is 1. The van der Waals surface area contributed by atoms with Gasteiger partial charge in [0.25, 0.3) is 11.5 Å². The van der Waals surface area contributed by atoms with Gasteiger partial charge in [0.15, 0.2) is 0 Å². The fraction of sp³-hybridized carbons (Fsp3) is 0.550. The lowest BCUT2D eigenvalue weighted by atomic mass is 9.97. The molecule has 2 aromatic rings. The Morgan fingerprint density at radius 2 is 1.96 bits per heavy atom. The van der Waals surface area contributed by atoms with Crippen LogP contribution in [-0.2, 0) is 11.8 Å². The molecule has 3 rings (SSSR count). The maximum absolute atomic E-state index is 12.6. The van der Waals surface area contributed by atoms with E-state index in [1.807, 2.05) is 20.8 Å². The molecule has 0 spiro atoms. The van der Waals surface area contributed by atoms with E-state index in [1.165, 1.54) is 6.20 Å². The Balaban J connectivity index is 1.55. The highest BCUT2D eigenvalue weighted by molar-refractivity contribution is 6.06. The van der Waals surface area contributed by atoms with E-state index in [0.29, 0.717) is 42.0 Å². The number of hydrogen-bond donors (Lipinski definition) is 2. The molecule has 0 bridgehead atoms. The number of nitrogens with one attached hydrogen (secondary N) is 2. The fourth-order valence-electron chi connectivity index (χ4n) is 3.48. The highest BCUT2D eigenvalue weighted by atomic mass is 16.6. The average Bonchev–Trinajstić information content (AvgIpc) is 3.02. The molecule has 0 atom stereocenters. The molecule has 0 radical (unpaired) electrons. The number of fused-ring (bicyclic) bond motifs is 1. The van der Waals surface area contributed by atoms with Gasteiger partial charge >= 0.3 is 6.09 Å². The van der Waals surface area contributed by atoms with Gasteiger partial charge in [-0.1, -0.05) is 0 Å². The van der Waals surface area contributed by atoms with E-state index < -0.39 is 5.60 Å². The number of carbonyl (C=O) groups is 2. The van der Waals surface area contributed by atoms with Crippen LogP contribution in [-0.4, -0.2) is 51.7 Å². The van der Waals surface area contributed by atoms with E-state index in [9.17, 15) is 14.4 Å². The molecule has 3 heterocycles. The van der Waals surface area contributed by atoms with Crippen molar-refractivity contribution < 1.29 is 14.3 Å². The molecule has 0 aliphatic carbocycles. The maximum Gasteiger partial charge on any atom is 0.410 e. The topological polar surface area (TPSA) is 96.4 Å². The standard InChI is InChI=1S/C20H28N4O4/c1-20(2,3)28-19(27)24-9-5-13(6-10-24)11-21-17(25)15-12-22-18(26)16-14(15)7-8-23(16)4/h7-8,12-13H,5-6,9-11H2,1-4H3,(H,21,25)(H,22,26). The summed E-state index contributed by atoms with van der Waals surface area (Å²) in [6, 6.07) is 1.78. The van der Waals surface area contributed by atoms with Crippen LogP contribution in [0.2, 0.25) is 0 Å². The minimum atomic E-state index is -0.499. The van der Waals surface area contributed by atoms with Crippen molar-refractivity contribution in [2.24, 2.45) is 13.0 Å². The van der Waals surface area contributed by atoms with Crippen LogP contribution >= 0.6 is 0 Å². The first-order valence-electron chi connectivity index (χ1n) is 9.58. The van der Waals surface area contributed by atoms with Gasteiger partial charge in [0.05, 0.1) is 5.56 Å². The Hall–Kier alpha value is -2.77. The zero-order chi connectivity index (χ0) is 20.5. The monoisotopic (exact) mass is 388 g/mol. The molecule has 1 aliphatic heterocycles. The predicted octanol–water partition coefficient (Wildman–Crippen LogP) is 2.24. The van der Waals surface area contributed by atoms with Gasteiger partial charge in [-0.3, -0.25) is 9.59 Å². The number of pyridine rings is 1. The summed E-state index contributed by atoms with van der Waals surface area (Å²) in [6.07, 6.45) is 4.57. The normalized spacial score (nSPS) is 15.6. The van der Waals surface area contributed by atoms with Crippen LogP contribution in [0.4, 0.5) is 4.79 Å². The van der Waals surface area contributed by atoms with Gasteiger partial charge < -0.3 is 24.5 Å². The molecule has 1 aliphatic rings. The third-order valence-electron chi connectivity index (χ3n) is 4.99. The molecule has 0 aromatic carbocycles. The summed E-state index contributed by atoms with van der Waals surface area (Å²) < 4.78 is 7.11. The van der Waals surface area contributed by atoms with Gasteiger partial charge in [-0.2, -0.15) is 0 Å². The van der Waals surface area contributed by atoms with Crippen molar-refractivity contribution in [3.05, 3.63) is 34.4 Å². The number of piperidine rings is 1. The predicted molar refractivity (Wildman–Crippen MR) is 106 cm³/mol. The summed E-state index contributed by atoms with van der Waals surface area (Å²) in [6.45, 7) is 7.34. The molecule has 2 amide bonds. The smallest absolute Gasteiger partial charge is 0.410 e. The molecule has 8 heteroatoms. The van der Waals surface area contributed by atoms with Crippen LogP contribution in [0, 0.1) is 5.92 Å². The minimum absolute atomic E-state index is 0.206. The number of aromatic nitrogens is 2. The first-order valence-corrected chi connectivity index (χ1v) is 9.58. The second-order valence-electron chi connectivity index (χ2n) is 8.34. The Kier molecular flexibility index (Phi) is 5.49. The van der Waals surface area contributed by atoms with Crippen LogP contribution in [0.5, 0.6) is 0 Å². The largest absolute Gasteiger partial charge is 0.444 e. The molecule has 2 aromatic heterocycles. The first-order chi connectivity index (χ1) is 13.2. The molecule has 28 heavy (non-hydrogen) atoms. The van der Waals surface area contributed by atoms with Crippen LogP contribution < -0.4 is 10.9 Å². The van der Waals surface area contributed by atoms with Crippen molar-refractivity contribution in [3.8, 4) is 0 Å². The van der Waals surface area contributed by atoms with Crippen molar-refractivity contribution in [2.45, 2.75) is 39.2 Å². The van der Waals surface area contributed by atoms with E-state index in [4.69, 9.17) is 4.74 Å². The number of nitrogens with zero attached hydrogens (tertiary/aromatic N) is 2. The molecule has 0 unspecified atom stereocenters. The molecule has 8 nitrogen and oxygen atoms in total. The van der Waals surface area contributed by atoms with Crippen molar-refractivity contribution in [1.29, 1.82) is 0 Å². The van der Waals surface area contributed by atoms with Crippen LogP contribution in [0.3, 0.4) is 0 Å². The molecule has 0 saturated carbocycles. The Morgan fingerprint density at radius 1 is 1.29 bits per heavy atom. The number of aryl methyl sites for hydroxylation is 1. The number of H-pyrrole nitrogens is 1. The molecule has 2 N–H and O–H groups in total. The number of rotatable bonds is 3. The molecular weight excluding hydrogens is 360 g/mol. The maximum atomic E-state index is 12.6. The lowest BCUT2D eigenvalue weighted by Crippen LogP contribution is -2.43. The Bertz CT molecular complexity index is 930. The second kappa shape index (κ2) is 7.69. The SMILES string of the molecule is Cn1ccc2c(C(=O)NCC3CCN(C(=O)OC(C)(C)C)CC3)c[nH]c(=O)c21. The summed E-state index contributed by atoms with van der Waals surface area (Å²) in [5.41, 5.74) is 0.231. The minimum Gasteiger partial charge on any atom is -0.444 e. The van der Waals surface area contributed by atoms with Gasteiger partial charge in [-0.05, 0) is 45.6 Å². The van der Waals surface area contributed by atoms with E-state index >= 15 is 0 Å². The quantitative estimate of drug-likeness (QED) is 0.843. The summed E-state index contributed by atoms with van der Waals surface area (Å²) in [5.74, 6) is 0.0960. The lowest BCUT2D eigenvalue weighted by Gasteiger charge is -2.33. The molecule has 1 fully saturated rings. The van der Waals surface area contributed by atoms with Crippen molar-refractivity contribution >= 4 is 22.9 Å². The van der Waals surface area contributed by atoms with Crippen LogP contribution in [0.25, 0.3) is 10.9 Å². The number of likely N-dealkylation sites (tertiary alicyclic amines) is 1. The lowest BCUT2D eigenvalue weighted by molar-refractivity contribution is 0.0183. The van der Waals surface area contributed by atoms with Crippen molar-refractivity contribution in [2.75, 3.05) is 19.6 Å². The summed E-state index contributed by atoms with van der Waals surface area (Å²) in [7, 11) is 1.78. The zero-order valence-corrected chi connectivity index (χ0v) is 16.9. The number of carbonyl (C=O) groups excluding carboxylic acids is 2. The van der Waals surface area contributed by atoms with E-state index in [1.54, 1.807) is 28.8 Å². The van der Waals surface area contributed by atoms with Crippen molar-refractivity contribution in [1.82, 2.24) is 19.8 Å². The van der Waals surface area contributed by atoms with E-state index in [2.05, 4.69) is 10.3 Å². The van der Waals surface area contributed by atoms with Gasteiger partial charge in [0.2, 0.25) is 0 Å². The van der Waals surface area contributed by atoms with Crippen molar-refractivity contribution in [3.63, 3.8) is 0 Å². The van der Waals surface area contributed by atoms with Gasteiger partial charge in [-0.25, -0.2) is 4.79 Å². The van der Waals surface area contributed by atoms with Crippen LogP contribution in [0.15, 0.2) is 23.3 Å². The Morgan fingerprint density at radius 3 is 2.61 bits per heavy atom. The van der Waals surface area contributed by atoms with Gasteiger partial charge in [-0.15, -0.1) is 0 Å². The third-order valence-corrected chi connectivity index (χ3v) is 4.99. The van der Waals surface area contributed by atoms with E-state index in [-0.39, 0.29) is 17.6 Å².